The summed E-state index contributed by atoms with van der Waals surface area (Å²) in [6, 6.07) is 13.0. The van der Waals surface area contributed by atoms with Gasteiger partial charge in [0.05, 0.1) is 9.79 Å². The molecule has 0 saturated heterocycles. The average molecular weight is 635 g/mol. The molecule has 0 aliphatic heterocycles. The molecule has 0 aromatic heterocycles. The summed E-state index contributed by atoms with van der Waals surface area (Å²) >= 11 is 0. The summed E-state index contributed by atoms with van der Waals surface area (Å²) in [5, 5.41) is 0. The van der Waals surface area contributed by atoms with E-state index in [-0.39, 0.29) is 47.5 Å². The van der Waals surface area contributed by atoms with E-state index in [4.69, 9.17) is 0 Å². The third kappa shape index (κ3) is 19.4. The van der Waals surface area contributed by atoms with Crippen molar-refractivity contribution < 1.29 is 25.9 Å². The molecule has 0 atom stereocenters. The number of benzene rings is 2. The van der Waals surface area contributed by atoms with Crippen molar-refractivity contribution in [3.63, 3.8) is 0 Å². The number of rotatable bonds is 18. The molecule has 0 unspecified atom stereocenters. The summed E-state index contributed by atoms with van der Waals surface area (Å²) in [6.45, 7) is 8.95. The quantitative estimate of drug-likeness (QED) is 0.0936. The minimum atomic E-state index is -4.34. The van der Waals surface area contributed by atoms with E-state index in [0.29, 0.717) is 24.0 Å². The summed E-state index contributed by atoms with van der Waals surface area (Å²) in [6.07, 6.45) is 15.3. The first-order valence-corrected chi connectivity index (χ1v) is 17.7. The van der Waals surface area contributed by atoms with Crippen LogP contribution in [0.3, 0.4) is 0 Å². The van der Waals surface area contributed by atoms with Crippen molar-refractivity contribution in [3.05, 3.63) is 59.7 Å². The second kappa shape index (κ2) is 22.1. The Labute approximate surface area is 280 Å². The van der Waals surface area contributed by atoms with Crippen molar-refractivity contribution in [2.45, 2.75) is 127 Å². The summed E-state index contributed by atoms with van der Waals surface area (Å²) in [5.41, 5.74) is 1.31. The van der Waals surface area contributed by atoms with Crippen LogP contribution in [0.2, 0.25) is 0 Å². The minimum Gasteiger partial charge on any atom is -0.744 e. The zero-order valence-corrected chi connectivity index (χ0v) is 29.5. The smallest absolute Gasteiger partial charge is 0.744 e. The molecule has 0 saturated carbocycles. The Balaban J connectivity index is 0.000000762. The predicted molar refractivity (Wildman–Crippen MR) is 167 cm³/mol. The van der Waals surface area contributed by atoms with Crippen molar-refractivity contribution in [3.8, 4) is 0 Å². The van der Waals surface area contributed by atoms with Crippen LogP contribution in [-0.2, 0) is 33.1 Å². The first-order valence-electron chi connectivity index (χ1n) is 14.9. The first-order chi connectivity index (χ1) is 18.8. The molecule has 41 heavy (non-hydrogen) atoms. The van der Waals surface area contributed by atoms with Gasteiger partial charge in [0.25, 0.3) is 0 Å². The fourth-order valence-corrected chi connectivity index (χ4v) is 6.18. The minimum absolute atomic E-state index is 0. The van der Waals surface area contributed by atoms with E-state index >= 15 is 0 Å². The molecule has 0 aliphatic carbocycles. The number of aryl methyl sites for hydroxylation is 2. The molecule has 0 fully saturated rings. The summed E-state index contributed by atoms with van der Waals surface area (Å²) in [4.78, 5) is -0.111. The van der Waals surface area contributed by atoms with Crippen LogP contribution in [0.1, 0.15) is 116 Å². The molecule has 0 radical (unpaired) electrons. The van der Waals surface area contributed by atoms with Crippen LogP contribution >= 0.6 is 0 Å². The Morgan fingerprint density at radius 2 is 0.805 bits per heavy atom. The van der Waals surface area contributed by atoms with E-state index < -0.39 is 20.2 Å². The van der Waals surface area contributed by atoms with Crippen LogP contribution < -0.4 is 0 Å². The predicted octanol–water partition coefficient (Wildman–Crippen LogP) is 7.88. The maximum Gasteiger partial charge on any atom is 2.00 e. The molecule has 2 aromatic rings. The van der Waals surface area contributed by atoms with Crippen molar-refractivity contribution in [2.24, 2.45) is 11.8 Å². The molecular formula is C32H50CaO6S2. The fraction of sp³-hybridized carbons (Fsp3) is 0.625. The zero-order valence-electron chi connectivity index (χ0n) is 25.6. The number of hydrogen-bond acceptors (Lipinski definition) is 6. The Kier molecular flexibility index (Phi) is 21.8. The Bertz CT molecular complexity index is 1080. The van der Waals surface area contributed by atoms with Gasteiger partial charge in [0.15, 0.2) is 0 Å². The van der Waals surface area contributed by atoms with Crippen molar-refractivity contribution >= 4 is 58.0 Å². The van der Waals surface area contributed by atoms with E-state index in [0.717, 1.165) is 37.5 Å². The fourth-order valence-electron chi connectivity index (χ4n) is 4.71. The van der Waals surface area contributed by atoms with E-state index in [1.807, 2.05) is 0 Å². The van der Waals surface area contributed by atoms with E-state index in [2.05, 4.69) is 27.7 Å². The molecule has 6 nitrogen and oxygen atoms in total. The molecule has 0 bridgehead atoms. The van der Waals surface area contributed by atoms with Gasteiger partial charge in [-0.15, -0.1) is 0 Å². The Hall–Kier alpha value is -0.480. The molecule has 228 valence electrons. The van der Waals surface area contributed by atoms with Gasteiger partial charge in [-0.2, -0.15) is 0 Å². The number of hydrogen-bond donors (Lipinski definition) is 0. The van der Waals surface area contributed by atoms with Gasteiger partial charge in [0, 0.05) is 0 Å². The molecule has 0 amide bonds. The molecule has 0 aliphatic rings. The van der Waals surface area contributed by atoms with E-state index in [1.165, 1.54) is 63.5 Å². The van der Waals surface area contributed by atoms with Crippen molar-refractivity contribution in [1.29, 1.82) is 0 Å². The standard InChI is InChI=1S/2C16H26O3S.Ca/c2*1-14(2)10-6-4-3-5-7-11-15-12-8-9-13-16(15)20(17,18)19;/h2*8-9,12-14H,3-7,10-11H2,1-2H3,(H,17,18,19);/q;;+2/p-2. The summed E-state index contributed by atoms with van der Waals surface area (Å²) in [5.74, 6) is 1.54. The van der Waals surface area contributed by atoms with Crippen LogP contribution in [0, 0.1) is 11.8 Å². The van der Waals surface area contributed by atoms with Crippen LogP contribution in [0.15, 0.2) is 58.3 Å². The largest absolute Gasteiger partial charge is 2.00 e. The van der Waals surface area contributed by atoms with Gasteiger partial charge in [-0.25, -0.2) is 16.8 Å². The van der Waals surface area contributed by atoms with Crippen molar-refractivity contribution in [1.82, 2.24) is 0 Å². The van der Waals surface area contributed by atoms with Gasteiger partial charge in [0.1, 0.15) is 20.2 Å². The third-order valence-electron chi connectivity index (χ3n) is 6.94. The molecule has 0 spiro atoms. The van der Waals surface area contributed by atoms with E-state index in [9.17, 15) is 25.9 Å². The Morgan fingerprint density at radius 1 is 0.512 bits per heavy atom. The first kappa shape index (κ1) is 40.5. The molecular weight excluding hydrogens is 585 g/mol. The number of unbranched alkanes of at least 4 members (excludes halogenated alkanes) is 8. The van der Waals surface area contributed by atoms with Gasteiger partial charge < -0.3 is 9.11 Å². The topological polar surface area (TPSA) is 114 Å². The van der Waals surface area contributed by atoms with Crippen LogP contribution in [0.4, 0.5) is 0 Å². The van der Waals surface area contributed by atoms with Crippen LogP contribution in [0.25, 0.3) is 0 Å². The molecule has 0 N–H and O–H groups in total. The summed E-state index contributed by atoms with van der Waals surface area (Å²) < 4.78 is 66.8. The third-order valence-corrected chi connectivity index (χ3v) is 8.81. The SMILES string of the molecule is CC(C)CCCCCCCc1ccccc1S(=O)(=O)[O-].CC(C)CCCCCCCc1ccccc1S(=O)(=O)[O-].[Ca+2]. The van der Waals surface area contributed by atoms with Gasteiger partial charge >= 0.3 is 37.7 Å². The summed E-state index contributed by atoms with van der Waals surface area (Å²) in [7, 11) is -8.69. The second-order valence-corrected chi connectivity index (χ2v) is 14.2. The van der Waals surface area contributed by atoms with Gasteiger partial charge in [-0.3, -0.25) is 0 Å². The maximum atomic E-state index is 11.1. The molecule has 9 heteroatoms. The van der Waals surface area contributed by atoms with Gasteiger partial charge in [-0.05, 0) is 60.8 Å². The molecule has 2 aromatic carbocycles. The zero-order chi connectivity index (χ0) is 30.0. The molecule has 0 heterocycles. The average Bonchev–Trinajstić information content (AvgIpc) is 2.87. The van der Waals surface area contributed by atoms with Gasteiger partial charge in [-0.1, -0.05) is 128 Å². The monoisotopic (exact) mass is 634 g/mol. The maximum absolute atomic E-state index is 11.1. The van der Waals surface area contributed by atoms with Crippen molar-refractivity contribution in [2.75, 3.05) is 0 Å². The van der Waals surface area contributed by atoms with Crippen LogP contribution in [-0.4, -0.2) is 63.7 Å². The normalized spacial score (nSPS) is 11.7. The van der Waals surface area contributed by atoms with Gasteiger partial charge in [0.2, 0.25) is 0 Å². The van der Waals surface area contributed by atoms with E-state index in [1.54, 1.807) is 36.4 Å². The Morgan fingerprint density at radius 3 is 1.12 bits per heavy atom. The van der Waals surface area contributed by atoms with Crippen LogP contribution in [0.5, 0.6) is 0 Å². The molecule has 2 rings (SSSR count). The second-order valence-electron chi connectivity index (χ2n) is 11.5.